The van der Waals surface area contributed by atoms with Gasteiger partial charge in [-0.1, -0.05) is 32.9 Å². The van der Waals surface area contributed by atoms with E-state index in [9.17, 15) is 4.79 Å². The fraction of sp³-hybridized carbons (Fsp3) is 0.312. The molecule has 2 aromatic rings. The van der Waals surface area contributed by atoms with Gasteiger partial charge in [-0.25, -0.2) is 0 Å². The monoisotopic (exact) mass is 241 g/mol. The van der Waals surface area contributed by atoms with Crippen LogP contribution in [0.1, 0.15) is 36.7 Å². The van der Waals surface area contributed by atoms with Crippen molar-refractivity contribution in [1.29, 1.82) is 0 Å². The first kappa shape index (κ1) is 12.6. The number of hydrogen-bond acceptors (Lipinski definition) is 1. The maximum absolute atomic E-state index is 12.2. The van der Waals surface area contributed by atoms with Crippen LogP contribution in [0, 0.1) is 12.3 Å². The van der Waals surface area contributed by atoms with Crippen LogP contribution in [0.25, 0.3) is 5.69 Å². The Balaban J connectivity index is 2.40. The van der Waals surface area contributed by atoms with E-state index < -0.39 is 0 Å². The third kappa shape index (κ3) is 2.53. The largest absolute Gasteiger partial charge is 0.324 e. The van der Waals surface area contributed by atoms with E-state index in [-0.39, 0.29) is 11.2 Å². The summed E-state index contributed by atoms with van der Waals surface area (Å²) >= 11 is 0. The molecule has 0 spiro atoms. The molecule has 0 fully saturated rings. The zero-order valence-electron chi connectivity index (χ0n) is 11.4. The smallest absolute Gasteiger partial charge is 0.168 e. The van der Waals surface area contributed by atoms with Crippen LogP contribution in [0.5, 0.6) is 0 Å². The van der Waals surface area contributed by atoms with Crippen molar-refractivity contribution in [3.63, 3.8) is 0 Å². The topological polar surface area (TPSA) is 22.0 Å². The quantitative estimate of drug-likeness (QED) is 0.728. The van der Waals surface area contributed by atoms with Crippen LogP contribution in [0.4, 0.5) is 0 Å². The number of Topliss-reactive ketones (excluding diaryl/α,β-unsaturated/α-hetero) is 1. The highest BCUT2D eigenvalue weighted by atomic mass is 16.1. The molecule has 0 aliphatic rings. The molecule has 0 radical (unpaired) electrons. The Morgan fingerprint density at radius 1 is 1.17 bits per heavy atom. The number of aromatic nitrogens is 1. The fourth-order valence-electron chi connectivity index (χ4n) is 1.90. The van der Waals surface area contributed by atoms with Crippen LogP contribution in [0.2, 0.25) is 0 Å². The highest BCUT2D eigenvalue weighted by molar-refractivity contribution is 6.00. The van der Waals surface area contributed by atoms with Crippen LogP contribution in [0.3, 0.4) is 0 Å². The number of nitrogens with zero attached hydrogens (tertiary/aromatic N) is 1. The summed E-state index contributed by atoms with van der Waals surface area (Å²) in [7, 11) is 0. The minimum atomic E-state index is -0.342. The summed E-state index contributed by atoms with van der Waals surface area (Å²) in [6.07, 6.45) is 4.07. The molecule has 2 rings (SSSR count). The van der Waals surface area contributed by atoms with E-state index in [0.29, 0.717) is 0 Å². The maximum Gasteiger partial charge on any atom is 0.168 e. The van der Waals surface area contributed by atoms with Crippen molar-refractivity contribution >= 4 is 5.78 Å². The molecule has 0 unspecified atom stereocenters. The van der Waals surface area contributed by atoms with E-state index in [1.165, 1.54) is 5.56 Å². The first-order valence-electron chi connectivity index (χ1n) is 6.18. The molecular formula is C16H19NO. The number of aryl methyl sites for hydroxylation is 1. The number of benzene rings is 1. The van der Waals surface area contributed by atoms with E-state index in [1.54, 1.807) is 0 Å². The Kier molecular flexibility index (Phi) is 3.12. The first-order valence-corrected chi connectivity index (χ1v) is 6.18. The lowest BCUT2D eigenvalue weighted by Gasteiger charge is -2.17. The predicted octanol–water partition coefficient (Wildman–Crippen LogP) is 4.01. The van der Waals surface area contributed by atoms with Crippen molar-refractivity contribution in [3.05, 3.63) is 53.9 Å². The van der Waals surface area contributed by atoms with Crippen LogP contribution in [-0.2, 0) is 0 Å². The minimum absolute atomic E-state index is 0.174. The van der Waals surface area contributed by atoms with Crippen LogP contribution < -0.4 is 0 Å². The van der Waals surface area contributed by atoms with Gasteiger partial charge in [0.2, 0.25) is 0 Å². The molecule has 0 saturated heterocycles. The number of ketones is 1. The Bertz CT molecular complexity index is 573. The van der Waals surface area contributed by atoms with E-state index in [2.05, 4.69) is 19.2 Å². The highest BCUT2D eigenvalue weighted by Crippen LogP contribution is 2.22. The second-order valence-corrected chi connectivity index (χ2v) is 5.73. The van der Waals surface area contributed by atoms with E-state index in [4.69, 9.17) is 0 Å². The van der Waals surface area contributed by atoms with Gasteiger partial charge < -0.3 is 4.57 Å². The third-order valence-electron chi connectivity index (χ3n) is 2.93. The van der Waals surface area contributed by atoms with Crippen molar-refractivity contribution in [1.82, 2.24) is 4.57 Å². The van der Waals surface area contributed by atoms with Gasteiger partial charge in [-0.15, -0.1) is 0 Å². The van der Waals surface area contributed by atoms with Gasteiger partial charge in [0, 0.05) is 29.1 Å². The number of rotatable bonds is 2. The van der Waals surface area contributed by atoms with Gasteiger partial charge >= 0.3 is 0 Å². The van der Waals surface area contributed by atoms with E-state index in [0.717, 1.165) is 11.3 Å². The van der Waals surface area contributed by atoms with Crippen molar-refractivity contribution in [3.8, 4) is 5.69 Å². The van der Waals surface area contributed by atoms with E-state index >= 15 is 0 Å². The molecule has 2 heteroatoms. The van der Waals surface area contributed by atoms with Crippen LogP contribution in [-0.4, -0.2) is 10.4 Å². The number of hydrogen-bond donors (Lipinski definition) is 0. The molecule has 94 valence electrons. The zero-order chi connectivity index (χ0) is 13.3. The maximum atomic E-state index is 12.2. The number of carbonyl (C=O) groups is 1. The summed E-state index contributed by atoms with van der Waals surface area (Å²) in [5.41, 5.74) is 2.66. The lowest BCUT2D eigenvalue weighted by Crippen LogP contribution is -2.20. The van der Waals surface area contributed by atoms with Gasteiger partial charge in [0.15, 0.2) is 5.78 Å². The second-order valence-electron chi connectivity index (χ2n) is 5.73. The van der Waals surface area contributed by atoms with Crippen LogP contribution >= 0.6 is 0 Å². The van der Waals surface area contributed by atoms with Gasteiger partial charge in [-0.3, -0.25) is 4.79 Å². The average molecular weight is 241 g/mol. The molecule has 0 atom stereocenters. The summed E-state index contributed by atoms with van der Waals surface area (Å²) in [5, 5.41) is 0. The summed E-state index contributed by atoms with van der Waals surface area (Å²) in [5.74, 6) is 0.174. The highest BCUT2D eigenvalue weighted by Gasteiger charge is 2.22. The molecule has 0 N–H and O–H groups in total. The standard InChI is InChI=1S/C16H19NO/c1-12-8-9-17(11-12)14-7-5-6-13(10-14)15(18)16(2,3)4/h5-11H,1-4H3. The lowest BCUT2D eigenvalue weighted by molar-refractivity contribution is 0.0858. The van der Waals surface area contributed by atoms with Gasteiger partial charge in [0.05, 0.1) is 0 Å². The van der Waals surface area contributed by atoms with E-state index in [1.807, 2.05) is 55.8 Å². The van der Waals surface area contributed by atoms with Gasteiger partial charge in [0.25, 0.3) is 0 Å². The summed E-state index contributed by atoms with van der Waals surface area (Å²) in [6.45, 7) is 7.89. The molecule has 0 amide bonds. The van der Waals surface area contributed by atoms with Gasteiger partial charge in [-0.2, -0.15) is 0 Å². The molecule has 0 aliphatic carbocycles. The molecule has 0 aliphatic heterocycles. The molecule has 0 bridgehead atoms. The summed E-state index contributed by atoms with van der Waals surface area (Å²) in [4.78, 5) is 12.2. The van der Waals surface area contributed by atoms with Crippen molar-refractivity contribution in [2.75, 3.05) is 0 Å². The molecule has 2 nitrogen and oxygen atoms in total. The Labute approximate surface area is 108 Å². The van der Waals surface area contributed by atoms with Gasteiger partial charge in [-0.05, 0) is 30.7 Å². The molecule has 1 aromatic heterocycles. The molecule has 18 heavy (non-hydrogen) atoms. The zero-order valence-corrected chi connectivity index (χ0v) is 11.4. The summed E-state index contributed by atoms with van der Waals surface area (Å²) in [6, 6.07) is 9.83. The molecule has 1 aromatic carbocycles. The molecule has 0 saturated carbocycles. The summed E-state index contributed by atoms with van der Waals surface area (Å²) < 4.78 is 2.04. The van der Waals surface area contributed by atoms with Crippen molar-refractivity contribution in [2.45, 2.75) is 27.7 Å². The average Bonchev–Trinajstić information content (AvgIpc) is 2.74. The van der Waals surface area contributed by atoms with Crippen molar-refractivity contribution < 1.29 is 4.79 Å². The lowest BCUT2D eigenvalue weighted by atomic mass is 9.86. The Morgan fingerprint density at radius 2 is 1.89 bits per heavy atom. The Morgan fingerprint density at radius 3 is 2.44 bits per heavy atom. The minimum Gasteiger partial charge on any atom is -0.324 e. The molecular weight excluding hydrogens is 222 g/mol. The number of carbonyl (C=O) groups excluding carboxylic acids is 1. The second kappa shape index (κ2) is 4.45. The molecule has 1 heterocycles. The van der Waals surface area contributed by atoms with Crippen molar-refractivity contribution in [2.24, 2.45) is 5.41 Å². The third-order valence-corrected chi connectivity index (χ3v) is 2.93. The SMILES string of the molecule is Cc1ccn(-c2cccc(C(=O)C(C)(C)C)c2)c1. The first-order chi connectivity index (χ1) is 8.38. The normalized spacial score (nSPS) is 11.6. The van der Waals surface area contributed by atoms with Crippen LogP contribution in [0.15, 0.2) is 42.7 Å². The fourth-order valence-corrected chi connectivity index (χ4v) is 1.90. The predicted molar refractivity (Wildman–Crippen MR) is 74.3 cm³/mol. The Hall–Kier alpha value is -1.83. The van der Waals surface area contributed by atoms with Gasteiger partial charge in [0.1, 0.15) is 0 Å².